The molecule has 1 aliphatic rings. The van der Waals surface area contributed by atoms with Crippen LogP contribution in [0.15, 0.2) is 35.1 Å². The van der Waals surface area contributed by atoms with Gasteiger partial charge in [-0.3, -0.25) is 14.7 Å². The maximum absolute atomic E-state index is 11.5. The predicted octanol–water partition coefficient (Wildman–Crippen LogP) is 3.05. The lowest BCUT2D eigenvalue weighted by Crippen LogP contribution is -2.32. The summed E-state index contributed by atoms with van der Waals surface area (Å²) >= 11 is 0. The van der Waals surface area contributed by atoms with Gasteiger partial charge in [0.25, 0.3) is 5.56 Å². The zero-order valence-corrected chi connectivity index (χ0v) is 13.8. The van der Waals surface area contributed by atoms with Crippen LogP contribution in [0.5, 0.6) is 0 Å². The first-order valence-corrected chi connectivity index (χ1v) is 8.25. The van der Waals surface area contributed by atoms with Crippen molar-refractivity contribution < 1.29 is 0 Å². The number of likely N-dealkylation sites (tertiary alicyclic amines) is 1. The molecule has 1 aromatic heterocycles. The van der Waals surface area contributed by atoms with Crippen LogP contribution < -0.4 is 10.9 Å². The van der Waals surface area contributed by atoms with Crippen LogP contribution in [0.3, 0.4) is 0 Å². The Morgan fingerprint density at radius 2 is 1.96 bits per heavy atom. The third-order valence-electron chi connectivity index (χ3n) is 4.37. The highest BCUT2D eigenvalue weighted by atomic mass is 16.1. The Kier molecular flexibility index (Phi) is 4.76. The highest BCUT2D eigenvalue weighted by Crippen LogP contribution is 2.19. The molecule has 0 unspecified atom stereocenters. The Balaban J connectivity index is 1.61. The largest absolute Gasteiger partial charge is 0.326 e. The Labute approximate surface area is 136 Å². The molecule has 0 bridgehead atoms. The number of H-pyrrole nitrogens is 1. The van der Waals surface area contributed by atoms with Gasteiger partial charge >= 0.3 is 0 Å². The summed E-state index contributed by atoms with van der Waals surface area (Å²) in [6.07, 6.45) is 2.60. The van der Waals surface area contributed by atoms with Gasteiger partial charge in [0.05, 0.1) is 0 Å². The highest BCUT2D eigenvalue weighted by Gasteiger charge is 2.15. The molecule has 2 aromatic rings. The summed E-state index contributed by atoms with van der Waals surface area (Å²) in [5.74, 6) is 1.34. The monoisotopic (exact) mass is 312 g/mol. The lowest BCUT2D eigenvalue weighted by molar-refractivity contribution is 0.185. The average molecular weight is 312 g/mol. The molecule has 0 radical (unpaired) electrons. The number of aryl methyl sites for hydroxylation is 1. The van der Waals surface area contributed by atoms with Gasteiger partial charge in [-0.25, -0.2) is 4.98 Å². The molecule has 5 nitrogen and oxygen atoms in total. The minimum atomic E-state index is -0.143. The molecule has 0 spiro atoms. The van der Waals surface area contributed by atoms with Crippen LogP contribution >= 0.6 is 0 Å². The minimum absolute atomic E-state index is 0.143. The van der Waals surface area contributed by atoms with E-state index in [-0.39, 0.29) is 5.56 Å². The van der Waals surface area contributed by atoms with Crippen molar-refractivity contribution in [1.29, 1.82) is 0 Å². The van der Waals surface area contributed by atoms with E-state index in [0.717, 1.165) is 18.2 Å². The first-order valence-electron chi connectivity index (χ1n) is 8.25. The fraction of sp³-hybridized carbons (Fsp3) is 0.444. The summed E-state index contributed by atoms with van der Waals surface area (Å²) in [6.45, 7) is 7.53. The molecular formula is C18H24N4O. The number of nitrogens with one attached hydrogen (secondary N) is 2. The van der Waals surface area contributed by atoms with E-state index in [1.54, 1.807) is 0 Å². The lowest BCUT2D eigenvalue weighted by atomic mass is 9.99. The zero-order chi connectivity index (χ0) is 16.2. The van der Waals surface area contributed by atoms with Crippen molar-refractivity contribution in [1.82, 2.24) is 14.9 Å². The molecule has 1 aromatic carbocycles. The van der Waals surface area contributed by atoms with Crippen molar-refractivity contribution in [3.63, 3.8) is 0 Å². The average Bonchev–Trinajstić information content (AvgIpc) is 2.50. The van der Waals surface area contributed by atoms with Gasteiger partial charge in [0.2, 0.25) is 5.95 Å². The lowest BCUT2D eigenvalue weighted by Gasteiger charge is -2.30. The summed E-state index contributed by atoms with van der Waals surface area (Å²) in [7, 11) is 0. The molecule has 1 fully saturated rings. The molecule has 3 rings (SSSR count). The number of aromatic amines is 1. The number of hydrogen-bond acceptors (Lipinski definition) is 4. The third-order valence-corrected chi connectivity index (χ3v) is 4.37. The molecule has 122 valence electrons. The number of nitrogens with zero attached hydrogens (tertiary/aromatic N) is 2. The fourth-order valence-electron chi connectivity index (χ4n) is 2.95. The summed E-state index contributed by atoms with van der Waals surface area (Å²) in [5.41, 5.74) is 2.80. The van der Waals surface area contributed by atoms with Crippen molar-refractivity contribution in [2.45, 2.75) is 33.2 Å². The molecular weight excluding hydrogens is 288 g/mol. The minimum Gasteiger partial charge on any atom is -0.326 e. The Morgan fingerprint density at radius 3 is 2.61 bits per heavy atom. The molecule has 5 heteroatoms. The van der Waals surface area contributed by atoms with E-state index < -0.39 is 0 Å². The van der Waals surface area contributed by atoms with Crippen LogP contribution in [0.1, 0.15) is 31.0 Å². The third kappa shape index (κ3) is 4.42. The molecule has 2 heterocycles. The predicted molar refractivity (Wildman–Crippen MR) is 93.0 cm³/mol. The van der Waals surface area contributed by atoms with Gasteiger partial charge in [0, 0.05) is 24.0 Å². The van der Waals surface area contributed by atoms with Crippen LogP contribution in [-0.2, 0) is 6.54 Å². The summed E-state index contributed by atoms with van der Waals surface area (Å²) in [5, 5.41) is 3.14. The van der Waals surface area contributed by atoms with Crippen LogP contribution in [0.4, 0.5) is 11.6 Å². The quantitative estimate of drug-likeness (QED) is 0.911. The number of benzene rings is 1. The van der Waals surface area contributed by atoms with Crippen LogP contribution in [0, 0.1) is 12.8 Å². The fourth-order valence-corrected chi connectivity index (χ4v) is 2.95. The number of piperidine rings is 1. The van der Waals surface area contributed by atoms with Gasteiger partial charge in [-0.1, -0.05) is 19.1 Å². The van der Waals surface area contributed by atoms with E-state index in [2.05, 4.69) is 39.2 Å². The van der Waals surface area contributed by atoms with E-state index in [0.29, 0.717) is 11.6 Å². The van der Waals surface area contributed by atoms with Gasteiger partial charge in [-0.15, -0.1) is 0 Å². The second-order valence-corrected chi connectivity index (χ2v) is 6.52. The standard InChI is InChI=1S/C18H24N4O/c1-13-7-9-22(10-8-13)12-15-3-5-16(6-4-15)20-18-19-14(2)11-17(23)21-18/h3-6,11,13H,7-10,12H2,1-2H3,(H2,19,20,21,23). The maximum Gasteiger partial charge on any atom is 0.252 e. The topological polar surface area (TPSA) is 61.0 Å². The SMILES string of the molecule is Cc1cc(=O)[nH]c(Nc2ccc(CN3CCC(C)CC3)cc2)n1. The van der Waals surface area contributed by atoms with E-state index in [9.17, 15) is 4.79 Å². The van der Waals surface area contributed by atoms with Crippen LogP contribution in [0.2, 0.25) is 0 Å². The molecule has 23 heavy (non-hydrogen) atoms. The number of anilines is 2. The summed E-state index contributed by atoms with van der Waals surface area (Å²) in [6, 6.07) is 9.81. The van der Waals surface area contributed by atoms with Gasteiger partial charge < -0.3 is 5.32 Å². The van der Waals surface area contributed by atoms with E-state index in [1.807, 2.05) is 19.1 Å². The second-order valence-electron chi connectivity index (χ2n) is 6.52. The van der Waals surface area contributed by atoms with Crippen molar-refractivity contribution in [2.75, 3.05) is 18.4 Å². The molecule has 0 atom stereocenters. The molecule has 2 N–H and O–H groups in total. The van der Waals surface area contributed by atoms with Crippen molar-refractivity contribution in [3.8, 4) is 0 Å². The van der Waals surface area contributed by atoms with Crippen LogP contribution in [0.25, 0.3) is 0 Å². The highest BCUT2D eigenvalue weighted by molar-refractivity contribution is 5.53. The number of hydrogen-bond donors (Lipinski definition) is 2. The normalized spacial score (nSPS) is 16.4. The second kappa shape index (κ2) is 6.96. The molecule has 1 aliphatic heterocycles. The van der Waals surface area contributed by atoms with Crippen molar-refractivity contribution in [2.24, 2.45) is 5.92 Å². The van der Waals surface area contributed by atoms with E-state index in [4.69, 9.17) is 0 Å². The Morgan fingerprint density at radius 1 is 1.26 bits per heavy atom. The summed E-state index contributed by atoms with van der Waals surface area (Å²) < 4.78 is 0. The number of aromatic nitrogens is 2. The van der Waals surface area contributed by atoms with Crippen molar-refractivity contribution >= 4 is 11.6 Å². The molecule has 1 saturated heterocycles. The van der Waals surface area contributed by atoms with Crippen LogP contribution in [-0.4, -0.2) is 28.0 Å². The van der Waals surface area contributed by atoms with Gasteiger partial charge in [0.1, 0.15) is 0 Å². The van der Waals surface area contributed by atoms with Gasteiger partial charge in [0.15, 0.2) is 0 Å². The van der Waals surface area contributed by atoms with Crippen molar-refractivity contribution in [3.05, 3.63) is 51.9 Å². The smallest absolute Gasteiger partial charge is 0.252 e. The zero-order valence-electron chi connectivity index (χ0n) is 13.8. The first kappa shape index (κ1) is 15.7. The molecule has 0 aliphatic carbocycles. The van der Waals surface area contributed by atoms with Gasteiger partial charge in [-0.2, -0.15) is 0 Å². The maximum atomic E-state index is 11.5. The number of rotatable bonds is 4. The molecule has 0 amide bonds. The van der Waals surface area contributed by atoms with E-state index >= 15 is 0 Å². The van der Waals surface area contributed by atoms with Gasteiger partial charge in [-0.05, 0) is 56.5 Å². The molecule has 0 saturated carbocycles. The Bertz CT molecular complexity index is 700. The Hall–Kier alpha value is -2.14. The first-order chi connectivity index (χ1) is 11.1. The van der Waals surface area contributed by atoms with E-state index in [1.165, 1.54) is 37.6 Å². The summed E-state index contributed by atoms with van der Waals surface area (Å²) in [4.78, 5) is 20.9.